The zero-order chi connectivity index (χ0) is 18.1. The summed E-state index contributed by atoms with van der Waals surface area (Å²) in [6, 6.07) is 14.0. The molecule has 0 radical (unpaired) electrons. The highest BCUT2D eigenvalue weighted by atomic mass is 35.5. The summed E-state index contributed by atoms with van der Waals surface area (Å²) in [6.45, 7) is 0.521. The van der Waals surface area contributed by atoms with Crippen LogP contribution in [0.3, 0.4) is 0 Å². The Labute approximate surface area is 150 Å². The smallest absolute Gasteiger partial charge is 0.407 e. The lowest BCUT2D eigenvalue weighted by Gasteiger charge is -2.05. The van der Waals surface area contributed by atoms with Crippen LogP contribution in [0.25, 0.3) is 0 Å². The van der Waals surface area contributed by atoms with Crippen LogP contribution in [0.1, 0.15) is 27.9 Å². The summed E-state index contributed by atoms with van der Waals surface area (Å²) in [6.07, 6.45) is -0.134. The van der Waals surface area contributed by atoms with Crippen molar-refractivity contribution in [3.05, 3.63) is 70.2 Å². The third kappa shape index (κ3) is 5.87. The predicted octanol–water partition coefficient (Wildman–Crippen LogP) is 3.71. The number of amides is 1. The number of hydrogen-bond donors (Lipinski definition) is 2. The average molecular weight is 358 g/mol. The standard InChI is InChI=1S/C19H16ClNO4/c20-17-15(10-6-11-16(17)18(22)23)9-4-5-12-21-19(24)25-13-14-7-2-1-3-8-14/h1-3,6-8,10-11H,5,12-13H2,(H,21,24)(H,22,23). The van der Waals surface area contributed by atoms with Crippen LogP contribution in [-0.4, -0.2) is 23.7 Å². The van der Waals surface area contributed by atoms with Gasteiger partial charge in [0.1, 0.15) is 6.61 Å². The van der Waals surface area contributed by atoms with Crippen molar-refractivity contribution in [1.29, 1.82) is 0 Å². The van der Waals surface area contributed by atoms with E-state index < -0.39 is 12.1 Å². The number of carbonyl (C=O) groups excluding carboxylic acids is 1. The van der Waals surface area contributed by atoms with E-state index in [0.29, 0.717) is 18.5 Å². The number of alkyl carbamates (subject to hydrolysis) is 1. The van der Waals surface area contributed by atoms with Gasteiger partial charge in [0.2, 0.25) is 0 Å². The van der Waals surface area contributed by atoms with Crippen LogP contribution in [0.4, 0.5) is 4.79 Å². The first-order valence-corrected chi connectivity index (χ1v) is 7.91. The molecule has 2 aromatic rings. The average Bonchev–Trinajstić information content (AvgIpc) is 2.61. The van der Waals surface area contributed by atoms with E-state index in [4.69, 9.17) is 21.4 Å². The predicted molar refractivity (Wildman–Crippen MR) is 94.5 cm³/mol. The Morgan fingerprint density at radius 1 is 1.12 bits per heavy atom. The molecule has 6 heteroatoms. The topological polar surface area (TPSA) is 75.6 Å². The molecule has 5 nitrogen and oxygen atoms in total. The van der Waals surface area contributed by atoms with Gasteiger partial charge in [-0.3, -0.25) is 0 Å². The molecule has 25 heavy (non-hydrogen) atoms. The minimum Gasteiger partial charge on any atom is -0.478 e. The minimum atomic E-state index is -1.10. The third-order valence-electron chi connectivity index (χ3n) is 3.18. The number of carbonyl (C=O) groups is 2. The fraction of sp³-hybridized carbons (Fsp3) is 0.158. The lowest BCUT2D eigenvalue weighted by molar-refractivity contribution is 0.0697. The lowest BCUT2D eigenvalue weighted by atomic mass is 10.1. The molecule has 2 N–H and O–H groups in total. The van der Waals surface area contributed by atoms with Crippen LogP contribution in [0.15, 0.2) is 48.5 Å². The molecule has 0 fully saturated rings. The molecule has 128 valence electrons. The molecule has 0 aliphatic carbocycles. The molecule has 2 rings (SSSR count). The normalized spacial score (nSPS) is 9.64. The van der Waals surface area contributed by atoms with Crippen molar-refractivity contribution in [1.82, 2.24) is 5.32 Å². The highest BCUT2D eigenvalue weighted by Gasteiger charge is 2.10. The second kappa shape index (κ2) is 9.36. The number of aromatic carboxylic acids is 1. The molecule has 0 saturated heterocycles. The van der Waals surface area contributed by atoms with Gasteiger partial charge in [-0.25, -0.2) is 9.59 Å². The highest BCUT2D eigenvalue weighted by Crippen LogP contribution is 2.20. The van der Waals surface area contributed by atoms with Gasteiger partial charge >= 0.3 is 12.1 Å². The summed E-state index contributed by atoms with van der Waals surface area (Å²) in [4.78, 5) is 22.6. The van der Waals surface area contributed by atoms with E-state index in [0.717, 1.165) is 5.56 Å². The number of carboxylic acids is 1. The molecular weight excluding hydrogens is 342 g/mol. The summed E-state index contributed by atoms with van der Waals surface area (Å²) >= 11 is 5.99. The molecule has 2 aromatic carbocycles. The zero-order valence-electron chi connectivity index (χ0n) is 13.3. The monoisotopic (exact) mass is 357 g/mol. The number of nitrogens with one attached hydrogen (secondary N) is 1. The number of ether oxygens (including phenoxy) is 1. The summed E-state index contributed by atoms with van der Waals surface area (Å²) in [5, 5.41) is 11.7. The number of carboxylic acid groups (broad SMARTS) is 1. The van der Waals surface area contributed by atoms with Crippen molar-refractivity contribution in [2.24, 2.45) is 0 Å². The lowest BCUT2D eigenvalue weighted by Crippen LogP contribution is -2.24. The molecule has 0 bridgehead atoms. The minimum absolute atomic E-state index is 0.0103. The maximum Gasteiger partial charge on any atom is 0.407 e. The summed E-state index contributed by atoms with van der Waals surface area (Å²) in [5.41, 5.74) is 1.36. The van der Waals surface area contributed by atoms with Gasteiger partial charge in [0, 0.05) is 18.5 Å². The van der Waals surface area contributed by atoms with Crippen LogP contribution in [0, 0.1) is 11.8 Å². The van der Waals surface area contributed by atoms with Gasteiger partial charge in [0.05, 0.1) is 10.6 Å². The van der Waals surface area contributed by atoms with Crippen molar-refractivity contribution in [2.45, 2.75) is 13.0 Å². The van der Waals surface area contributed by atoms with Gasteiger partial charge in [-0.2, -0.15) is 0 Å². The molecule has 0 heterocycles. The van der Waals surface area contributed by atoms with E-state index in [1.807, 2.05) is 30.3 Å². The number of benzene rings is 2. The maximum atomic E-state index is 11.6. The van der Waals surface area contributed by atoms with Crippen molar-refractivity contribution in [3.63, 3.8) is 0 Å². The highest BCUT2D eigenvalue weighted by molar-refractivity contribution is 6.34. The van der Waals surface area contributed by atoms with E-state index >= 15 is 0 Å². The van der Waals surface area contributed by atoms with Crippen LogP contribution in [0.2, 0.25) is 5.02 Å². The van der Waals surface area contributed by atoms with Gasteiger partial charge in [0.15, 0.2) is 0 Å². The third-order valence-corrected chi connectivity index (χ3v) is 3.59. The van der Waals surface area contributed by atoms with Crippen molar-refractivity contribution >= 4 is 23.7 Å². The first-order valence-electron chi connectivity index (χ1n) is 7.53. The Hall–Kier alpha value is -2.97. The van der Waals surface area contributed by atoms with Crippen LogP contribution in [0.5, 0.6) is 0 Å². The van der Waals surface area contributed by atoms with Crippen LogP contribution >= 0.6 is 11.6 Å². The summed E-state index contributed by atoms with van der Waals surface area (Å²) in [5.74, 6) is 4.54. The SMILES string of the molecule is O=C(NCCC#Cc1cccc(C(=O)O)c1Cl)OCc1ccccc1. The Kier molecular flexibility index (Phi) is 6.87. The van der Waals surface area contributed by atoms with E-state index in [2.05, 4.69) is 17.2 Å². The molecule has 0 atom stereocenters. The molecule has 0 saturated carbocycles. The molecular formula is C19H16ClNO4. The Morgan fingerprint density at radius 2 is 1.88 bits per heavy atom. The van der Waals surface area contributed by atoms with Gasteiger partial charge < -0.3 is 15.2 Å². The van der Waals surface area contributed by atoms with E-state index in [1.54, 1.807) is 12.1 Å². The van der Waals surface area contributed by atoms with Crippen LogP contribution < -0.4 is 5.32 Å². The molecule has 0 aliphatic heterocycles. The fourth-order valence-corrected chi connectivity index (χ4v) is 2.21. The Morgan fingerprint density at radius 3 is 2.60 bits per heavy atom. The largest absolute Gasteiger partial charge is 0.478 e. The first kappa shape index (κ1) is 18.4. The second-order valence-corrected chi connectivity index (χ2v) is 5.39. The fourth-order valence-electron chi connectivity index (χ4n) is 1.95. The first-order chi connectivity index (χ1) is 12.1. The quantitative estimate of drug-likeness (QED) is 0.632. The molecule has 0 unspecified atom stereocenters. The Bertz CT molecular complexity index is 809. The summed E-state index contributed by atoms with van der Waals surface area (Å²) < 4.78 is 5.07. The van der Waals surface area contributed by atoms with E-state index in [9.17, 15) is 9.59 Å². The van der Waals surface area contributed by atoms with Gasteiger partial charge in [-0.1, -0.05) is 59.8 Å². The summed E-state index contributed by atoms with van der Waals surface area (Å²) in [7, 11) is 0. The zero-order valence-corrected chi connectivity index (χ0v) is 14.0. The maximum absolute atomic E-state index is 11.6. The Balaban J connectivity index is 1.76. The van der Waals surface area contributed by atoms with Gasteiger partial charge in [0.25, 0.3) is 0 Å². The number of hydrogen-bond acceptors (Lipinski definition) is 3. The van der Waals surface area contributed by atoms with E-state index in [1.165, 1.54) is 6.07 Å². The van der Waals surface area contributed by atoms with Crippen molar-refractivity contribution in [2.75, 3.05) is 6.54 Å². The second-order valence-electron chi connectivity index (χ2n) is 5.01. The molecule has 0 aliphatic rings. The van der Waals surface area contributed by atoms with Crippen LogP contribution in [-0.2, 0) is 11.3 Å². The van der Waals surface area contributed by atoms with E-state index in [-0.39, 0.29) is 17.2 Å². The number of halogens is 1. The molecule has 0 aromatic heterocycles. The van der Waals surface area contributed by atoms with Crippen molar-refractivity contribution in [3.8, 4) is 11.8 Å². The van der Waals surface area contributed by atoms with Gasteiger partial charge in [-0.05, 0) is 17.7 Å². The number of rotatable bonds is 5. The molecule has 1 amide bonds. The van der Waals surface area contributed by atoms with Crippen molar-refractivity contribution < 1.29 is 19.4 Å². The molecule has 0 spiro atoms. The van der Waals surface area contributed by atoms with Gasteiger partial charge in [-0.15, -0.1) is 0 Å².